The van der Waals surface area contributed by atoms with E-state index in [1.807, 2.05) is 13.8 Å². The van der Waals surface area contributed by atoms with Gasteiger partial charge in [-0.3, -0.25) is 0 Å². The molecule has 0 bridgehead atoms. The summed E-state index contributed by atoms with van der Waals surface area (Å²) in [6, 6.07) is 0. The monoisotopic (exact) mass is 782 g/mol. The van der Waals surface area contributed by atoms with Crippen molar-refractivity contribution in [2.24, 2.45) is 51.2 Å². The first-order valence-corrected chi connectivity index (χ1v) is 20.6. The van der Waals surface area contributed by atoms with E-state index in [4.69, 9.17) is 14.2 Å². The Balaban J connectivity index is 1.43. The summed E-state index contributed by atoms with van der Waals surface area (Å²) < 4.78 is 18.5. The number of rotatable bonds is 9. The molecule has 4 saturated carbocycles. The fourth-order valence-electron chi connectivity index (χ4n) is 13.6. The van der Waals surface area contributed by atoms with Gasteiger partial charge in [-0.1, -0.05) is 58.4 Å². The third kappa shape index (κ3) is 6.64. The summed E-state index contributed by atoms with van der Waals surface area (Å²) in [7, 11) is 0. The molecule has 6 fully saturated rings. The quantitative estimate of drug-likeness (QED) is 0.117. The van der Waals surface area contributed by atoms with Crippen LogP contribution in [0.1, 0.15) is 93.4 Å². The predicted molar refractivity (Wildman–Crippen MR) is 201 cm³/mol. The van der Waals surface area contributed by atoms with Crippen LogP contribution < -0.4 is 0 Å². The lowest BCUT2D eigenvalue weighted by Gasteiger charge is -2.73. The van der Waals surface area contributed by atoms with Gasteiger partial charge in [0.25, 0.3) is 0 Å². The number of hydrogen-bond donors (Lipinski definition) is 10. The minimum Gasteiger partial charge on any atom is -0.394 e. The molecule has 2 unspecified atom stereocenters. The van der Waals surface area contributed by atoms with Gasteiger partial charge in [-0.15, -0.1) is 0 Å². The maximum Gasteiger partial charge on any atom is 0.187 e. The standard InChI is InChI=1S/C42H70O13/c1-19(2)10-9-11-20(3)21-12-14-41(7)27(21)22(45)16-26-40(41,6)15-13-25-39(4,5)37(55-38-35(52)33(50)30(47)24(18-44)54-38)31(48)28(42(25,26)8)36-34(51)32(49)29(46)23(17-43)53-36/h10,21-38,43-52H,3,9,11-18H2,1-2,4-8H3/t21-,22-,23-,24-,25?,26+,27+,28?,29-,30-,31-,32+,33+,34-,35-,36+,37+,38+,40-,41+,42+/m1/s1. The molecule has 10 N–H and O–H groups in total. The number of ether oxygens (including phenoxy) is 3. The maximum absolute atomic E-state index is 12.8. The predicted octanol–water partition coefficient (Wildman–Crippen LogP) is 1.17. The fourth-order valence-corrected chi connectivity index (χ4v) is 13.6. The van der Waals surface area contributed by atoms with Crippen molar-refractivity contribution in [2.75, 3.05) is 13.2 Å². The van der Waals surface area contributed by atoms with E-state index >= 15 is 0 Å². The molecule has 0 aromatic carbocycles. The van der Waals surface area contributed by atoms with Crippen LogP contribution in [-0.2, 0) is 14.2 Å². The van der Waals surface area contributed by atoms with Gasteiger partial charge in [-0.05, 0) is 104 Å². The Labute approximate surface area is 326 Å². The van der Waals surface area contributed by atoms with Gasteiger partial charge in [0.15, 0.2) is 6.29 Å². The van der Waals surface area contributed by atoms with Gasteiger partial charge in [0.2, 0.25) is 0 Å². The lowest BCUT2D eigenvalue weighted by atomic mass is 9.32. The zero-order valence-electron chi connectivity index (χ0n) is 33.7. The lowest BCUT2D eigenvalue weighted by molar-refractivity contribution is -0.365. The van der Waals surface area contributed by atoms with Gasteiger partial charge in [0.05, 0.1) is 37.6 Å². The summed E-state index contributed by atoms with van der Waals surface area (Å²) in [5.41, 5.74) is -0.0230. The van der Waals surface area contributed by atoms with E-state index in [1.54, 1.807) is 0 Å². The Kier molecular flexibility index (Phi) is 12.3. The zero-order chi connectivity index (χ0) is 40.7. The minimum absolute atomic E-state index is 0.0254. The highest BCUT2D eigenvalue weighted by Crippen LogP contribution is 2.77. The third-order valence-electron chi connectivity index (χ3n) is 16.5. The number of aliphatic hydroxyl groups is 10. The maximum atomic E-state index is 12.8. The molecule has 0 amide bonds. The molecule has 316 valence electrons. The van der Waals surface area contributed by atoms with Crippen molar-refractivity contribution in [2.45, 2.75) is 173 Å². The molecule has 6 rings (SSSR count). The molecule has 0 aromatic rings. The topological polar surface area (TPSA) is 230 Å². The number of hydrogen-bond acceptors (Lipinski definition) is 13. The highest BCUT2D eigenvalue weighted by Gasteiger charge is 2.75. The van der Waals surface area contributed by atoms with E-state index in [1.165, 1.54) is 5.57 Å². The molecule has 2 heterocycles. The average Bonchev–Trinajstić information content (AvgIpc) is 3.50. The van der Waals surface area contributed by atoms with Crippen LogP contribution in [0.25, 0.3) is 0 Å². The van der Waals surface area contributed by atoms with Crippen LogP contribution in [0.15, 0.2) is 23.8 Å². The van der Waals surface area contributed by atoms with Crippen LogP contribution in [0, 0.1) is 51.2 Å². The van der Waals surface area contributed by atoms with Gasteiger partial charge in [0, 0.05) is 5.92 Å². The largest absolute Gasteiger partial charge is 0.394 e. The molecular formula is C42H70O13. The summed E-state index contributed by atoms with van der Waals surface area (Å²) in [5, 5.41) is 111. The van der Waals surface area contributed by atoms with Crippen LogP contribution in [0.4, 0.5) is 0 Å². The van der Waals surface area contributed by atoms with Crippen LogP contribution in [0.5, 0.6) is 0 Å². The molecule has 4 aliphatic carbocycles. The van der Waals surface area contributed by atoms with Crippen molar-refractivity contribution in [3.63, 3.8) is 0 Å². The number of allylic oxidation sites excluding steroid dienone is 3. The van der Waals surface area contributed by atoms with E-state index < -0.39 is 109 Å². The van der Waals surface area contributed by atoms with Crippen molar-refractivity contribution in [3.8, 4) is 0 Å². The van der Waals surface area contributed by atoms with Gasteiger partial charge in [0.1, 0.15) is 48.8 Å². The molecule has 0 spiro atoms. The lowest BCUT2D eigenvalue weighted by Crippen LogP contribution is -2.75. The van der Waals surface area contributed by atoms with Crippen LogP contribution in [-0.4, -0.2) is 144 Å². The highest BCUT2D eigenvalue weighted by atomic mass is 16.7. The average molecular weight is 783 g/mol. The Morgan fingerprint density at radius 3 is 1.89 bits per heavy atom. The van der Waals surface area contributed by atoms with E-state index in [9.17, 15) is 51.1 Å². The van der Waals surface area contributed by atoms with E-state index in [2.05, 4.69) is 47.3 Å². The first kappa shape index (κ1) is 43.5. The van der Waals surface area contributed by atoms with E-state index in [-0.39, 0.29) is 34.5 Å². The molecular weight excluding hydrogens is 712 g/mol. The zero-order valence-corrected chi connectivity index (χ0v) is 33.7. The van der Waals surface area contributed by atoms with E-state index in [0.29, 0.717) is 12.8 Å². The van der Waals surface area contributed by atoms with Crippen molar-refractivity contribution in [3.05, 3.63) is 23.8 Å². The normalized spacial score (nSPS) is 53.5. The molecule has 2 saturated heterocycles. The SMILES string of the molecule is C=C(CCC=C(C)C)[C@H]1CC[C@@]2(C)[C@@H]1[C@H](O)C[C@@H]1[C@@]3(C)C([C@@H]4O[C@H](CO)[C@@H](O)[C@H](O)[C@H]4O)[C@@H](O)[C@H](O[C@@H]4O[C@H](CO)[C@@H](O)[C@H](O)[C@H]4O)C(C)(C)C3CC[C@]12C. The van der Waals surface area contributed by atoms with Crippen molar-refractivity contribution < 1.29 is 65.3 Å². The summed E-state index contributed by atoms with van der Waals surface area (Å²) >= 11 is 0. The molecule has 55 heavy (non-hydrogen) atoms. The molecule has 6 aliphatic rings. The van der Waals surface area contributed by atoms with Crippen molar-refractivity contribution in [1.82, 2.24) is 0 Å². The second-order valence-corrected chi connectivity index (χ2v) is 19.7. The Morgan fingerprint density at radius 1 is 0.709 bits per heavy atom. The summed E-state index contributed by atoms with van der Waals surface area (Å²) in [5.74, 6) is -1.37. The van der Waals surface area contributed by atoms with Gasteiger partial charge in [-0.2, -0.15) is 0 Å². The first-order valence-electron chi connectivity index (χ1n) is 20.6. The Bertz CT molecular complexity index is 1420. The van der Waals surface area contributed by atoms with Crippen LogP contribution in [0.2, 0.25) is 0 Å². The van der Waals surface area contributed by atoms with Gasteiger partial charge >= 0.3 is 0 Å². The van der Waals surface area contributed by atoms with E-state index in [0.717, 1.165) is 37.7 Å². The Morgan fingerprint density at radius 2 is 1.29 bits per heavy atom. The second-order valence-electron chi connectivity index (χ2n) is 19.7. The molecule has 13 nitrogen and oxygen atoms in total. The summed E-state index contributed by atoms with van der Waals surface area (Å²) in [6.45, 7) is 18.0. The fraction of sp³-hybridized carbons (Fsp3) is 0.905. The minimum atomic E-state index is -1.73. The first-order chi connectivity index (χ1) is 25.6. The smallest absolute Gasteiger partial charge is 0.187 e. The number of aliphatic hydroxyl groups excluding tert-OH is 10. The van der Waals surface area contributed by atoms with Crippen molar-refractivity contribution in [1.29, 1.82) is 0 Å². The number of fused-ring (bicyclic) bond motifs is 5. The molecule has 0 radical (unpaired) electrons. The van der Waals surface area contributed by atoms with Gasteiger partial charge in [-0.25, -0.2) is 0 Å². The van der Waals surface area contributed by atoms with Crippen LogP contribution >= 0.6 is 0 Å². The van der Waals surface area contributed by atoms with Gasteiger partial charge < -0.3 is 65.3 Å². The molecule has 13 heteroatoms. The molecule has 21 atom stereocenters. The highest BCUT2D eigenvalue weighted by molar-refractivity contribution is 5.25. The second kappa shape index (κ2) is 15.5. The Hall–Kier alpha value is -1.04. The van der Waals surface area contributed by atoms with Crippen molar-refractivity contribution >= 4 is 0 Å². The van der Waals surface area contributed by atoms with Crippen LogP contribution in [0.3, 0.4) is 0 Å². The summed E-state index contributed by atoms with van der Waals surface area (Å²) in [4.78, 5) is 0. The molecule has 0 aromatic heterocycles. The molecule has 2 aliphatic heterocycles. The summed E-state index contributed by atoms with van der Waals surface area (Å²) in [6.07, 6.45) is -11.0. The third-order valence-corrected chi connectivity index (χ3v) is 16.5.